The van der Waals surface area contributed by atoms with Gasteiger partial charge in [0.05, 0.1) is 6.42 Å². The van der Waals surface area contributed by atoms with Crippen molar-refractivity contribution in [3.8, 4) is 0 Å². The molecule has 0 aliphatic heterocycles. The number of carboxylic acid groups (broad SMARTS) is 1. The number of likely N-dealkylation sites (N-methyl/N-ethyl adjacent to an activating group) is 2. The Bertz CT molecular complexity index is 1890. The van der Waals surface area contributed by atoms with E-state index in [9.17, 15) is 19.2 Å². The third-order valence-electron chi connectivity index (χ3n) is 10.9. The molecule has 1 amide bonds. The van der Waals surface area contributed by atoms with Gasteiger partial charge >= 0.3 is 5.97 Å². The van der Waals surface area contributed by atoms with Gasteiger partial charge in [-0.3, -0.25) is 19.2 Å². The average molecular weight is 807 g/mol. The monoisotopic (exact) mass is 807 g/mol. The Morgan fingerprint density at radius 1 is 0.627 bits per heavy atom. The molecule has 0 aromatic heterocycles. The lowest BCUT2D eigenvalue weighted by molar-refractivity contribution is -0.137. The Morgan fingerprint density at radius 3 is 1.39 bits per heavy atom. The van der Waals surface area contributed by atoms with Crippen LogP contribution in [0.25, 0.3) is 0 Å². The highest BCUT2D eigenvalue weighted by Gasteiger charge is 2.18. The number of hydrogen-bond donors (Lipinski definition) is 3. The predicted octanol–water partition coefficient (Wildman–Crippen LogP) is 8.65. The van der Waals surface area contributed by atoms with E-state index in [1.165, 1.54) is 22.3 Å². The lowest BCUT2D eigenvalue weighted by atomic mass is 9.96. The quantitative estimate of drug-likeness (QED) is 0.0803. The minimum absolute atomic E-state index is 0.0776. The molecule has 9 nitrogen and oxygen atoms in total. The maximum absolute atomic E-state index is 12.5. The fraction of sp³-hybridized carbons (Fsp3) is 0.440. The zero-order valence-corrected chi connectivity index (χ0v) is 37.3. The lowest BCUT2D eigenvalue weighted by Gasteiger charge is -2.26. The number of carbonyl (C=O) groups is 4. The molecule has 0 saturated heterocycles. The summed E-state index contributed by atoms with van der Waals surface area (Å²) in [5.41, 5.74) is 14.4. The van der Waals surface area contributed by atoms with Gasteiger partial charge in [0.15, 0.2) is 11.6 Å². The van der Waals surface area contributed by atoms with E-state index in [0.29, 0.717) is 38.4 Å². The van der Waals surface area contributed by atoms with Crippen LogP contribution in [0.15, 0.2) is 97.1 Å². The first kappa shape index (κ1) is 50.2. The molecule has 320 valence electrons. The molecular formula is C50H70N4O5. The van der Waals surface area contributed by atoms with Crippen LogP contribution in [-0.4, -0.2) is 91.7 Å². The number of aryl methyl sites for hydroxylation is 2. The number of nitrogens with zero attached hydrogens (tertiary/aromatic N) is 2. The molecule has 4 atom stereocenters. The molecular weight excluding hydrogens is 737 g/mol. The molecule has 4 rings (SSSR count). The highest BCUT2D eigenvalue weighted by Crippen LogP contribution is 2.20. The summed E-state index contributed by atoms with van der Waals surface area (Å²) in [6, 6.07) is 32.3. The Labute approximate surface area is 354 Å². The smallest absolute Gasteiger partial charge is 0.303 e. The summed E-state index contributed by atoms with van der Waals surface area (Å²) in [7, 11) is 8.16. The number of hydrogen-bond acceptors (Lipinski definition) is 7. The molecule has 0 aliphatic rings. The largest absolute Gasteiger partial charge is 0.481 e. The predicted molar refractivity (Wildman–Crippen MR) is 243 cm³/mol. The third-order valence-corrected chi connectivity index (χ3v) is 10.9. The molecule has 0 heterocycles. The number of aliphatic carboxylic acids is 1. The Hall–Kier alpha value is -4.96. The van der Waals surface area contributed by atoms with Crippen molar-refractivity contribution in [2.24, 2.45) is 5.73 Å². The molecule has 0 spiro atoms. The highest BCUT2D eigenvalue weighted by atomic mass is 16.4. The topological polar surface area (TPSA) is 133 Å². The van der Waals surface area contributed by atoms with E-state index in [1.807, 2.05) is 128 Å². The minimum Gasteiger partial charge on any atom is -0.481 e. The van der Waals surface area contributed by atoms with Crippen LogP contribution in [0.5, 0.6) is 0 Å². The first-order valence-corrected chi connectivity index (χ1v) is 20.9. The molecule has 0 saturated carbocycles. The molecule has 0 radical (unpaired) electrons. The van der Waals surface area contributed by atoms with Crippen molar-refractivity contribution in [1.82, 2.24) is 15.1 Å². The lowest BCUT2D eigenvalue weighted by Crippen LogP contribution is -2.42. The van der Waals surface area contributed by atoms with Gasteiger partial charge in [0.2, 0.25) is 5.91 Å². The van der Waals surface area contributed by atoms with Gasteiger partial charge in [-0.05, 0) is 112 Å². The van der Waals surface area contributed by atoms with Gasteiger partial charge in [0.1, 0.15) is 0 Å². The number of ketones is 2. The Kier molecular flexibility index (Phi) is 22.3. The van der Waals surface area contributed by atoms with Gasteiger partial charge in [-0.2, -0.15) is 0 Å². The van der Waals surface area contributed by atoms with Crippen molar-refractivity contribution in [1.29, 1.82) is 0 Å². The van der Waals surface area contributed by atoms with E-state index in [1.54, 1.807) is 0 Å². The van der Waals surface area contributed by atoms with E-state index in [0.717, 1.165) is 35.1 Å². The number of rotatable bonds is 19. The number of nitrogens with one attached hydrogen (secondary N) is 1. The highest BCUT2D eigenvalue weighted by molar-refractivity contribution is 5.96. The van der Waals surface area contributed by atoms with Gasteiger partial charge in [-0.25, -0.2) is 0 Å². The van der Waals surface area contributed by atoms with Crippen molar-refractivity contribution in [3.05, 3.63) is 142 Å². The van der Waals surface area contributed by atoms with E-state index in [-0.39, 0.29) is 41.8 Å². The van der Waals surface area contributed by atoms with Crippen LogP contribution in [0, 0.1) is 13.8 Å². The first-order valence-electron chi connectivity index (χ1n) is 20.9. The molecule has 4 aromatic rings. The van der Waals surface area contributed by atoms with Gasteiger partial charge in [-0.1, -0.05) is 113 Å². The first-order chi connectivity index (χ1) is 28.0. The van der Waals surface area contributed by atoms with E-state index in [4.69, 9.17) is 10.8 Å². The zero-order valence-electron chi connectivity index (χ0n) is 37.3. The summed E-state index contributed by atoms with van der Waals surface area (Å²) in [6.45, 7) is 13.1. The fourth-order valence-corrected chi connectivity index (χ4v) is 6.67. The maximum Gasteiger partial charge on any atom is 0.303 e. The number of Topliss-reactive ketones (excluding diaryl/α,β-unsaturated/α-hetero) is 2. The van der Waals surface area contributed by atoms with Crippen LogP contribution in [0.3, 0.4) is 0 Å². The van der Waals surface area contributed by atoms with Crippen LogP contribution in [0.1, 0.15) is 119 Å². The maximum atomic E-state index is 12.5. The van der Waals surface area contributed by atoms with Crippen LogP contribution >= 0.6 is 0 Å². The number of carboxylic acids is 1. The van der Waals surface area contributed by atoms with Crippen molar-refractivity contribution >= 4 is 23.4 Å². The molecule has 0 unspecified atom stereocenters. The number of carbonyl (C=O) groups excluding carboxylic acids is 3. The van der Waals surface area contributed by atoms with Crippen LogP contribution in [0.2, 0.25) is 0 Å². The van der Waals surface area contributed by atoms with Crippen molar-refractivity contribution in [2.45, 2.75) is 104 Å². The molecule has 0 bridgehead atoms. The van der Waals surface area contributed by atoms with Gasteiger partial charge in [0, 0.05) is 55.6 Å². The normalized spacial score (nSPS) is 12.9. The van der Waals surface area contributed by atoms with Crippen LogP contribution < -0.4 is 11.1 Å². The Morgan fingerprint density at radius 2 is 1.03 bits per heavy atom. The third kappa shape index (κ3) is 17.8. The van der Waals surface area contributed by atoms with Crippen molar-refractivity contribution in [3.63, 3.8) is 0 Å². The average Bonchev–Trinajstić information content (AvgIpc) is 3.22. The number of amides is 1. The van der Waals surface area contributed by atoms with Crippen molar-refractivity contribution in [2.75, 3.05) is 41.3 Å². The molecule has 0 fully saturated rings. The standard InChI is InChI=1S/C25H34N2O2.C15H24N2O.C10H12O2/c1-6-24(28)22-13-12-21(18(2)14-22)16-23(27(4)5)17-26-25(29)15-19(3)20-10-8-7-9-11-20;1-5-15(18)13-7-6-12(11(2)8-13)9-14(10-16)17(3)4;1-8(7-10(11)12)9-5-3-2-4-6-9/h7-14,19,23H,6,15-17H2,1-5H3,(H,26,29);6-8,14H,5,9-10,16H2,1-4H3;2-6,8H,7H2,1H3,(H,11,12)/t19-,23+;14-;8-/m101/s1. The van der Waals surface area contributed by atoms with Gasteiger partial charge < -0.3 is 26.0 Å². The van der Waals surface area contributed by atoms with Gasteiger partial charge in [0.25, 0.3) is 0 Å². The molecule has 59 heavy (non-hydrogen) atoms. The fourth-order valence-electron chi connectivity index (χ4n) is 6.67. The molecule has 4 N–H and O–H groups in total. The summed E-state index contributed by atoms with van der Waals surface area (Å²) in [5.74, 6) is 0.00000861. The van der Waals surface area contributed by atoms with Crippen LogP contribution in [0.4, 0.5) is 0 Å². The zero-order chi connectivity index (χ0) is 44.1. The second kappa shape index (κ2) is 26.2. The minimum atomic E-state index is -0.744. The number of nitrogens with two attached hydrogens (primary N) is 1. The molecule has 4 aromatic carbocycles. The number of benzene rings is 4. The van der Waals surface area contributed by atoms with E-state index >= 15 is 0 Å². The van der Waals surface area contributed by atoms with Crippen molar-refractivity contribution < 1.29 is 24.3 Å². The summed E-state index contributed by atoms with van der Waals surface area (Å²) in [4.78, 5) is 50.7. The van der Waals surface area contributed by atoms with Crippen LogP contribution in [-0.2, 0) is 22.4 Å². The summed E-state index contributed by atoms with van der Waals surface area (Å²) < 4.78 is 0. The van der Waals surface area contributed by atoms with Gasteiger partial charge in [-0.15, -0.1) is 0 Å². The second-order valence-corrected chi connectivity index (χ2v) is 15.9. The van der Waals surface area contributed by atoms with E-state index in [2.05, 4.69) is 54.1 Å². The SMILES string of the molecule is CCC(=O)c1ccc(C[C@@H](CN)N(C)C)c(C)c1.CCC(=O)c1ccc(C[C@@H](CNC(=O)C[C@@H](C)c2ccccc2)N(C)C)c(C)c1.C[C@H](CC(=O)O)c1ccccc1. The Balaban J connectivity index is 0.000000339. The summed E-state index contributed by atoms with van der Waals surface area (Å²) in [5, 5.41) is 11.7. The second-order valence-electron chi connectivity index (χ2n) is 15.9. The molecule has 9 heteroatoms. The summed E-state index contributed by atoms with van der Waals surface area (Å²) in [6.07, 6.45) is 3.51. The van der Waals surface area contributed by atoms with E-state index < -0.39 is 5.97 Å². The molecule has 0 aliphatic carbocycles. The summed E-state index contributed by atoms with van der Waals surface area (Å²) >= 11 is 0.